The second-order valence-corrected chi connectivity index (χ2v) is 7.34. The minimum absolute atomic E-state index is 0.452. The molecule has 144 valence electrons. The van der Waals surface area contributed by atoms with Crippen molar-refractivity contribution in [1.82, 2.24) is 0 Å². The SMILES string of the molecule is CCCCc1ccc2c(c1)Cc1cc(-c3ccc(C(F)(F)F)c(F)c3)ccc1-2. The van der Waals surface area contributed by atoms with E-state index in [1.807, 2.05) is 18.2 Å². The zero-order chi connectivity index (χ0) is 19.9. The van der Waals surface area contributed by atoms with Crippen LogP contribution in [0, 0.1) is 5.82 Å². The van der Waals surface area contributed by atoms with Crippen molar-refractivity contribution in [2.45, 2.75) is 38.8 Å². The van der Waals surface area contributed by atoms with Crippen LogP contribution in [0.25, 0.3) is 22.3 Å². The highest BCUT2D eigenvalue weighted by Crippen LogP contribution is 2.40. The Bertz CT molecular complexity index is 1030. The van der Waals surface area contributed by atoms with Gasteiger partial charge in [0.05, 0.1) is 5.56 Å². The van der Waals surface area contributed by atoms with Crippen molar-refractivity contribution in [2.24, 2.45) is 0 Å². The topological polar surface area (TPSA) is 0 Å². The van der Waals surface area contributed by atoms with Crippen LogP contribution in [-0.4, -0.2) is 0 Å². The fourth-order valence-electron chi connectivity index (χ4n) is 3.90. The number of hydrogen-bond acceptors (Lipinski definition) is 0. The molecule has 3 aromatic rings. The molecule has 0 saturated carbocycles. The van der Waals surface area contributed by atoms with Crippen LogP contribution in [0.15, 0.2) is 54.6 Å². The van der Waals surface area contributed by atoms with E-state index in [-0.39, 0.29) is 0 Å². The lowest BCUT2D eigenvalue weighted by Gasteiger charge is -2.10. The van der Waals surface area contributed by atoms with Crippen molar-refractivity contribution in [1.29, 1.82) is 0 Å². The smallest absolute Gasteiger partial charge is 0.206 e. The molecule has 0 saturated heterocycles. The number of alkyl halides is 3. The summed E-state index contributed by atoms with van der Waals surface area (Å²) >= 11 is 0. The maximum Gasteiger partial charge on any atom is 0.419 e. The molecular weight excluding hydrogens is 364 g/mol. The molecule has 0 N–H and O–H groups in total. The van der Waals surface area contributed by atoms with Gasteiger partial charge in [0.2, 0.25) is 0 Å². The van der Waals surface area contributed by atoms with Crippen LogP contribution in [0.5, 0.6) is 0 Å². The Kier molecular flexibility index (Phi) is 4.74. The Morgan fingerprint density at radius 1 is 0.821 bits per heavy atom. The van der Waals surface area contributed by atoms with Gasteiger partial charge in [0.1, 0.15) is 5.82 Å². The van der Waals surface area contributed by atoms with E-state index in [1.54, 1.807) is 0 Å². The van der Waals surface area contributed by atoms with Gasteiger partial charge in [0.25, 0.3) is 0 Å². The van der Waals surface area contributed by atoms with Crippen molar-refractivity contribution < 1.29 is 17.6 Å². The van der Waals surface area contributed by atoms with E-state index in [1.165, 1.54) is 22.8 Å². The van der Waals surface area contributed by atoms with Gasteiger partial charge in [-0.3, -0.25) is 0 Å². The van der Waals surface area contributed by atoms with Gasteiger partial charge in [-0.05, 0) is 70.3 Å². The van der Waals surface area contributed by atoms with Gasteiger partial charge in [-0.2, -0.15) is 13.2 Å². The maximum atomic E-state index is 13.9. The lowest BCUT2D eigenvalue weighted by Crippen LogP contribution is -2.07. The molecule has 28 heavy (non-hydrogen) atoms. The van der Waals surface area contributed by atoms with Crippen molar-refractivity contribution >= 4 is 0 Å². The summed E-state index contributed by atoms with van der Waals surface area (Å²) in [6, 6.07) is 15.5. The Morgan fingerprint density at radius 3 is 2.14 bits per heavy atom. The molecule has 0 atom stereocenters. The second kappa shape index (κ2) is 7.08. The van der Waals surface area contributed by atoms with Crippen LogP contribution < -0.4 is 0 Å². The fraction of sp³-hybridized carbons (Fsp3) is 0.250. The largest absolute Gasteiger partial charge is 0.419 e. The molecule has 0 unspecified atom stereocenters. The highest BCUT2D eigenvalue weighted by Gasteiger charge is 2.34. The Labute approximate surface area is 161 Å². The molecule has 4 heteroatoms. The summed E-state index contributed by atoms with van der Waals surface area (Å²) in [5.74, 6) is -1.24. The molecule has 0 aliphatic heterocycles. The first-order valence-electron chi connectivity index (χ1n) is 9.49. The van der Waals surface area contributed by atoms with E-state index in [0.717, 1.165) is 54.5 Å². The quantitative estimate of drug-likeness (QED) is 0.321. The number of aryl methyl sites for hydroxylation is 1. The van der Waals surface area contributed by atoms with E-state index < -0.39 is 17.6 Å². The average molecular weight is 384 g/mol. The Morgan fingerprint density at radius 2 is 1.46 bits per heavy atom. The third-order valence-electron chi connectivity index (χ3n) is 5.37. The zero-order valence-electron chi connectivity index (χ0n) is 15.5. The summed E-state index contributed by atoms with van der Waals surface area (Å²) < 4.78 is 52.3. The van der Waals surface area contributed by atoms with Crippen LogP contribution in [-0.2, 0) is 19.0 Å². The number of halogens is 4. The first kappa shape index (κ1) is 18.7. The predicted molar refractivity (Wildman–Crippen MR) is 104 cm³/mol. The minimum Gasteiger partial charge on any atom is -0.206 e. The summed E-state index contributed by atoms with van der Waals surface area (Å²) in [7, 11) is 0. The first-order chi connectivity index (χ1) is 13.4. The number of unbranched alkanes of at least 4 members (excludes halogenated alkanes) is 1. The third-order valence-corrected chi connectivity index (χ3v) is 5.37. The Balaban J connectivity index is 1.65. The van der Waals surface area contributed by atoms with Gasteiger partial charge in [0, 0.05) is 0 Å². The predicted octanol–water partition coefficient (Wildman–Crippen LogP) is 7.43. The molecule has 0 spiro atoms. The number of benzene rings is 3. The highest BCUT2D eigenvalue weighted by atomic mass is 19.4. The average Bonchev–Trinajstić information content (AvgIpc) is 3.02. The molecular formula is C24H20F4. The maximum absolute atomic E-state index is 13.9. The fourth-order valence-corrected chi connectivity index (χ4v) is 3.90. The summed E-state index contributed by atoms with van der Waals surface area (Å²) in [5.41, 5.74) is 6.04. The van der Waals surface area contributed by atoms with Gasteiger partial charge >= 0.3 is 6.18 Å². The van der Waals surface area contributed by atoms with Gasteiger partial charge in [-0.1, -0.05) is 55.8 Å². The lowest BCUT2D eigenvalue weighted by atomic mass is 9.98. The third kappa shape index (κ3) is 3.44. The van der Waals surface area contributed by atoms with E-state index in [4.69, 9.17) is 0 Å². The summed E-state index contributed by atoms with van der Waals surface area (Å²) in [4.78, 5) is 0. The van der Waals surface area contributed by atoms with Gasteiger partial charge in [-0.25, -0.2) is 4.39 Å². The van der Waals surface area contributed by atoms with Crippen LogP contribution in [0.1, 0.15) is 42.0 Å². The molecule has 0 amide bonds. The lowest BCUT2D eigenvalue weighted by molar-refractivity contribution is -0.139. The molecule has 0 aromatic heterocycles. The van der Waals surface area contributed by atoms with Crippen molar-refractivity contribution in [3.63, 3.8) is 0 Å². The summed E-state index contributed by atoms with van der Waals surface area (Å²) in [6.07, 6.45) is -0.505. The molecule has 4 rings (SSSR count). The monoisotopic (exact) mass is 384 g/mol. The number of fused-ring (bicyclic) bond motifs is 3. The van der Waals surface area contributed by atoms with Gasteiger partial charge in [-0.15, -0.1) is 0 Å². The number of hydrogen-bond donors (Lipinski definition) is 0. The highest BCUT2D eigenvalue weighted by molar-refractivity contribution is 5.80. The first-order valence-corrected chi connectivity index (χ1v) is 9.49. The van der Waals surface area contributed by atoms with Crippen molar-refractivity contribution in [3.8, 4) is 22.3 Å². The van der Waals surface area contributed by atoms with E-state index >= 15 is 0 Å². The van der Waals surface area contributed by atoms with Crippen LogP contribution in [0.4, 0.5) is 17.6 Å². The zero-order valence-corrected chi connectivity index (χ0v) is 15.5. The molecule has 0 bridgehead atoms. The molecule has 0 fully saturated rings. The van der Waals surface area contributed by atoms with E-state index in [9.17, 15) is 17.6 Å². The second-order valence-electron chi connectivity index (χ2n) is 7.34. The molecule has 0 heterocycles. The van der Waals surface area contributed by atoms with Crippen LogP contribution in [0.3, 0.4) is 0 Å². The molecule has 0 radical (unpaired) electrons. The van der Waals surface area contributed by atoms with Crippen LogP contribution >= 0.6 is 0 Å². The summed E-state index contributed by atoms with van der Waals surface area (Å²) in [5, 5.41) is 0. The van der Waals surface area contributed by atoms with E-state index in [2.05, 4.69) is 25.1 Å². The molecule has 1 aliphatic rings. The molecule has 1 aliphatic carbocycles. The Hall–Kier alpha value is -2.62. The van der Waals surface area contributed by atoms with Gasteiger partial charge < -0.3 is 0 Å². The normalized spacial score (nSPS) is 12.8. The molecule has 3 aromatic carbocycles. The van der Waals surface area contributed by atoms with Gasteiger partial charge in [0.15, 0.2) is 0 Å². The number of rotatable bonds is 4. The summed E-state index contributed by atoms with van der Waals surface area (Å²) in [6.45, 7) is 2.18. The van der Waals surface area contributed by atoms with Crippen molar-refractivity contribution in [2.75, 3.05) is 0 Å². The standard InChI is InChI=1S/C24H20F4/c1-2-3-4-15-5-8-20-18(11-15)13-19-12-16(6-9-21(19)20)17-7-10-22(23(25)14-17)24(26,27)28/h5-12,14H,2-4,13H2,1H3. The van der Waals surface area contributed by atoms with Crippen LogP contribution in [0.2, 0.25) is 0 Å². The minimum atomic E-state index is -4.68. The molecule has 0 nitrogen and oxygen atoms in total. The van der Waals surface area contributed by atoms with Crippen molar-refractivity contribution in [3.05, 3.63) is 82.7 Å². The van der Waals surface area contributed by atoms with E-state index in [0.29, 0.717) is 5.56 Å².